The molecular formula is C65H126N2O6P+. The van der Waals surface area contributed by atoms with Gasteiger partial charge >= 0.3 is 7.82 Å². The van der Waals surface area contributed by atoms with Gasteiger partial charge in [0.25, 0.3) is 0 Å². The molecular weight excluding hydrogens is 936 g/mol. The maximum absolute atomic E-state index is 13.0. The van der Waals surface area contributed by atoms with Gasteiger partial charge in [0, 0.05) is 6.42 Å². The summed E-state index contributed by atoms with van der Waals surface area (Å²) < 4.78 is 23.7. The topological polar surface area (TPSA) is 105 Å². The number of hydrogen-bond acceptors (Lipinski definition) is 5. The highest BCUT2D eigenvalue weighted by Gasteiger charge is 2.27. The van der Waals surface area contributed by atoms with Crippen LogP contribution in [0, 0.1) is 0 Å². The van der Waals surface area contributed by atoms with Crippen LogP contribution in [0.1, 0.15) is 309 Å². The quantitative estimate of drug-likeness (QED) is 0.0243. The Bertz CT molecular complexity index is 1340. The lowest BCUT2D eigenvalue weighted by Crippen LogP contribution is -2.45. The molecule has 0 aliphatic heterocycles. The summed E-state index contributed by atoms with van der Waals surface area (Å²) in [7, 11) is 1.56. The van der Waals surface area contributed by atoms with Crippen molar-refractivity contribution in [1.29, 1.82) is 0 Å². The highest BCUT2D eigenvalue weighted by atomic mass is 31.2. The van der Waals surface area contributed by atoms with E-state index in [0.717, 1.165) is 44.9 Å². The number of nitrogens with zero attached hydrogens (tertiary/aromatic N) is 1. The molecule has 74 heavy (non-hydrogen) atoms. The minimum atomic E-state index is -4.36. The van der Waals surface area contributed by atoms with Crippen LogP contribution in [0.3, 0.4) is 0 Å². The van der Waals surface area contributed by atoms with E-state index in [1.165, 1.54) is 244 Å². The first-order valence-electron chi connectivity index (χ1n) is 32.0. The molecule has 0 aliphatic rings. The van der Waals surface area contributed by atoms with E-state index in [4.69, 9.17) is 9.05 Å². The largest absolute Gasteiger partial charge is 0.472 e. The molecule has 8 nitrogen and oxygen atoms in total. The molecule has 0 fully saturated rings. The number of rotatable bonds is 59. The Balaban J connectivity index is 4.12. The van der Waals surface area contributed by atoms with Crippen LogP contribution in [0.25, 0.3) is 0 Å². The third-order valence-corrected chi connectivity index (χ3v) is 15.5. The van der Waals surface area contributed by atoms with Gasteiger partial charge in [0.05, 0.1) is 39.9 Å². The van der Waals surface area contributed by atoms with Gasteiger partial charge in [-0.2, -0.15) is 0 Å². The van der Waals surface area contributed by atoms with Crippen molar-refractivity contribution in [3.8, 4) is 0 Å². The second kappa shape index (κ2) is 56.2. The molecule has 3 unspecified atom stereocenters. The lowest BCUT2D eigenvalue weighted by Gasteiger charge is -2.25. The molecule has 0 rings (SSSR count). The highest BCUT2D eigenvalue weighted by Crippen LogP contribution is 2.43. The smallest absolute Gasteiger partial charge is 0.387 e. The Morgan fingerprint density at radius 3 is 1.08 bits per heavy atom. The molecule has 436 valence electrons. The van der Waals surface area contributed by atoms with E-state index >= 15 is 0 Å². The van der Waals surface area contributed by atoms with Gasteiger partial charge < -0.3 is 19.8 Å². The summed E-state index contributed by atoms with van der Waals surface area (Å²) in [5, 5.41) is 13.9. The molecule has 9 heteroatoms. The molecule has 3 atom stereocenters. The summed E-state index contributed by atoms with van der Waals surface area (Å²) >= 11 is 0. The van der Waals surface area contributed by atoms with Gasteiger partial charge in [-0.1, -0.05) is 281 Å². The lowest BCUT2D eigenvalue weighted by molar-refractivity contribution is -0.870. The van der Waals surface area contributed by atoms with Crippen molar-refractivity contribution >= 4 is 13.7 Å². The summed E-state index contributed by atoms with van der Waals surface area (Å²) in [6, 6.07) is -0.870. The predicted octanol–water partition coefficient (Wildman–Crippen LogP) is 19.9. The first kappa shape index (κ1) is 72.5. The van der Waals surface area contributed by atoms with Crippen molar-refractivity contribution in [1.82, 2.24) is 5.32 Å². The lowest BCUT2D eigenvalue weighted by atomic mass is 10.0. The fourth-order valence-electron chi connectivity index (χ4n) is 9.48. The first-order valence-corrected chi connectivity index (χ1v) is 33.5. The van der Waals surface area contributed by atoms with Crippen molar-refractivity contribution in [2.24, 2.45) is 0 Å². The minimum Gasteiger partial charge on any atom is -0.387 e. The summed E-state index contributed by atoms with van der Waals surface area (Å²) in [5.74, 6) is -0.186. The van der Waals surface area contributed by atoms with Crippen molar-refractivity contribution in [3.05, 3.63) is 48.6 Å². The van der Waals surface area contributed by atoms with Crippen LogP contribution >= 0.6 is 7.82 Å². The molecule has 0 aromatic rings. The number of hydrogen-bond donors (Lipinski definition) is 3. The molecule has 0 bridgehead atoms. The predicted molar refractivity (Wildman–Crippen MR) is 323 cm³/mol. The van der Waals surface area contributed by atoms with Crippen molar-refractivity contribution in [3.63, 3.8) is 0 Å². The summed E-state index contributed by atoms with van der Waals surface area (Å²) in [5.41, 5.74) is 0. The Morgan fingerprint density at radius 2 is 0.743 bits per heavy atom. The van der Waals surface area contributed by atoms with Gasteiger partial charge in [-0.05, 0) is 70.6 Å². The molecule has 0 radical (unpaired) electrons. The molecule has 3 N–H and O–H groups in total. The van der Waals surface area contributed by atoms with Gasteiger partial charge in [0.15, 0.2) is 0 Å². The fourth-order valence-corrected chi connectivity index (χ4v) is 10.2. The molecule has 0 aromatic heterocycles. The SMILES string of the molecule is CCCCCCCCCC/C=C\CCCCCCCCCCCCCCCCCCCCCC(=O)NC(COP(=O)(O)OCC[N+](C)(C)C)C(O)/C=C/CC/C=C/CC/C=C/CCCCCCCCCCCCC. The van der Waals surface area contributed by atoms with E-state index in [9.17, 15) is 19.4 Å². The zero-order valence-corrected chi connectivity index (χ0v) is 50.7. The average Bonchev–Trinajstić information content (AvgIpc) is 3.36. The Kier molecular flexibility index (Phi) is 55.0. The second-order valence-corrected chi connectivity index (χ2v) is 24.6. The number of amides is 1. The zero-order chi connectivity index (χ0) is 54.2. The number of phosphoric ester groups is 1. The van der Waals surface area contributed by atoms with Crippen LogP contribution in [-0.2, 0) is 18.4 Å². The third kappa shape index (κ3) is 58.1. The molecule has 0 spiro atoms. The number of aliphatic hydroxyl groups excluding tert-OH is 1. The van der Waals surface area contributed by atoms with Crippen molar-refractivity contribution in [2.45, 2.75) is 321 Å². The van der Waals surface area contributed by atoms with Gasteiger partial charge in [-0.15, -0.1) is 0 Å². The monoisotopic (exact) mass is 1060 g/mol. The number of allylic oxidation sites excluding steroid dienone is 7. The Labute approximate surface area is 460 Å². The van der Waals surface area contributed by atoms with Gasteiger partial charge in [-0.25, -0.2) is 4.57 Å². The molecule has 0 aliphatic carbocycles. The van der Waals surface area contributed by atoms with Crippen molar-refractivity contribution in [2.75, 3.05) is 40.9 Å². The number of aliphatic hydroxyl groups is 1. The summed E-state index contributed by atoms with van der Waals surface area (Å²) in [4.78, 5) is 23.3. The number of phosphoric acid groups is 1. The van der Waals surface area contributed by atoms with E-state index in [-0.39, 0.29) is 19.1 Å². The highest BCUT2D eigenvalue weighted by molar-refractivity contribution is 7.47. The number of carbonyl (C=O) groups excluding carboxylic acids is 1. The molecule has 1 amide bonds. The number of nitrogens with one attached hydrogen (secondary N) is 1. The average molecular weight is 1060 g/mol. The number of likely N-dealkylation sites (N-methyl/N-ethyl adjacent to an activating group) is 1. The van der Waals surface area contributed by atoms with Gasteiger partial charge in [0.2, 0.25) is 5.91 Å². The maximum atomic E-state index is 13.0. The van der Waals surface area contributed by atoms with Crippen LogP contribution in [0.15, 0.2) is 48.6 Å². The van der Waals surface area contributed by atoms with E-state index in [1.54, 1.807) is 6.08 Å². The van der Waals surface area contributed by atoms with Crippen LogP contribution in [0.5, 0.6) is 0 Å². The normalized spacial score (nSPS) is 14.1. The van der Waals surface area contributed by atoms with Crippen LogP contribution < -0.4 is 5.32 Å². The number of carbonyl (C=O) groups is 1. The standard InChI is InChI=1S/C65H125N2O6P/c1-6-8-10-12-14-16-18-20-22-24-26-28-29-30-31-32-33-34-35-36-37-39-41-43-45-47-49-51-53-55-57-59-65(69)66-63(62-73-74(70,71)72-61-60-67(3,4)5)64(68)58-56-54-52-50-48-46-44-42-40-38-27-25-23-21-19-17-15-13-11-9-7-2/h24,26,40,42,48,50,56,58,63-64,68H,6-23,25,27-39,41,43-47,49,51-55,57,59-62H2,1-5H3,(H-,66,69,70,71)/p+1/b26-24-,42-40+,50-48+,58-56+. The summed E-state index contributed by atoms with van der Waals surface area (Å²) in [6.45, 7) is 4.82. The van der Waals surface area contributed by atoms with Gasteiger partial charge in [0.1, 0.15) is 13.2 Å². The second-order valence-electron chi connectivity index (χ2n) is 23.1. The minimum absolute atomic E-state index is 0.0542. The van der Waals surface area contributed by atoms with Crippen molar-refractivity contribution < 1.29 is 32.9 Å². The summed E-state index contributed by atoms with van der Waals surface area (Å²) in [6.07, 6.45) is 75.3. The van der Waals surface area contributed by atoms with E-state index in [1.807, 2.05) is 27.2 Å². The first-order chi connectivity index (χ1) is 36.0. The van der Waals surface area contributed by atoms with E-state index in [0.29, 0.717) is 17.4 Å². The number of unbranched alkanes of at least 4 members (excludes halogenated alkanes) is 40. The molecule has 0 saturated carbocycles. The van der Waals surface area contributed by atoms with Crippen LogP contribution in [0.2, 0.25) is 0 Å². The van der Waals surface area contributed by atoms with E-state index < -0.39 is 20.0 Å². The van der Waals surface area contributed by atoms with E-state index in [2.05, 4.69) is 55.6 Å². The number of quaternary nitrogens is 1. The fraction of sp³-hybridized carbons (Fsp3) is 0.862. The molecule has 0 saturated heterocycles. The van der Waals surface area contributed by atoms with Crippen LogP contribution in [-0.4, -0.2) is 73.4 Å². The zero-order valence-electron chi connectivity index (χ0n) is 49.8. The molecule has 0 heterocycles. The van der Waals surface area contributed by atoms with Gasteiger partial charge in [-0.3, -0.25) is 13.8 Å². The van der Waals surface area contributed by atoms with Crippen LogP contribution in [0.4, 0.5) is 0 Å². The Hall–Kier alpha value is -1.54. The molecule has 0 aromatic carbocycles. The maximum Gasteiger partial charge on any atom is 0.472 e. The Morgan fingerprint density at radius 1 is 0.446 bits per heavy atom. The third-order valence-electron chi connectivity index (χ3n) is 14.5.